The number of nitrogens with one attached hydrogen (secondary N) is 1. The Balaban J connectivity index is 2.02. The van der Waals surface area contributed by atoms with E-state index in [4.69, 9.17) is 0 Å². The Morgan fingerprint density at radius 3 is 2.50 bits per heavy atom. The van der Waals surface area contributed by atoms with Crippen LogP contribution in [0.25, 0.3) is 0 Å². The maximum atomic E-state index is 3.55. The molecule has 1 saturated heterocycles. The van der Waals surface area contributed by atoms with Crippen LogP contribution < -0.4 is 5.32 Å². The summed E-state index contributed by atoms with van der Waals surface area (Å²) in [6, 6.07) is 9.11. The SMILES string of the molecule is CC(C)Cc1ccc(C2NCC(C)S2)cc1. The van der Waals surface area contributed by atoms with Crippen molar-refractivity contribution in [3.8, 4) is 0 Å². The van der Waals surface area contributed by atoms with E-state index in [1.807, 2.05) is 11.8 Å². The number of rotatable bonds is 3. The van der Waals surface area contributed by atoms with Crippen molar-refractivity contribution >= 4 is 11.8 Å². The topological polar surface area (TPSA) is 12.0 Å². The third-order valence-electron chi connectivity index (χ3n) is 2.89. The predicted molar refractivity (Wildman–Crippen MR) is 72.8 cm³/mol. The van der Waals surface area contributed by atoms with Gasteiger partial charge in [0, 0.05) is 11.8 Å². The zero-order chi connectivity index (χ0) is 11.5. The summed E-state index contributed by atoms with van der Waals surface area (Å²) in [6.07, 6.45) is 1.18. The molecule has 1 aromatic carbocycles. The van der Waals surface area contributed by atoms with Crippen molar-refractivity contribution in [1.82, 2.24) is 5.32 Å². The fourth-order valence-corrected chi connectivity index (χ4v) is 3.26. The molecule has 1 nitrogen and oxygen atoms in total. The Bertz CT molecular complexity index is 331. The van der Waals surface area contributed by atoms with Crippen LogP contribution in [0.5, 0.6) is 0 Å². The first-order valence-corrected chi connectivity index (χ1v) is 7.07. The van der Waals surface area contributed by atoms with Gasteiger partial charge < -0.3 is 5.32 Å². The highest BCUT2D eigenvalue weighted by Crippen LogP contribution is 2.34. The van der Waals surface area contributed by atoms with Crippen LogP contribution in [0.15, 0.2) is 24.3 Å². The molecule has 0 aromatic heterocycles. The zero-order valence-corrected chi connectivity index (χ0v) is 11.2. The molecule has 1 heterocycles. The van der Waals surface area contributed by atoms with Crippen LogP contribution >= 0.6 is 11.8 Å². The first kappa shape index (κ1) is 12.0. The molecule has 1 aliphatic heterocycles. The van der Waals surface area contributed by atoms with Gasteiger partial charge in [-0.25, -0.2) is 0 Å². The minimum absolute atomic E-state index is 0.503. The van der Waals surface area contributed by atoms with Gasteiger partial charge in [0.1, 0.15) is 0 Å². The Kier molecular flexibility index (Phi) is 3.93. The van der Waals surface area contributed by atoms with Gasteiger partial charge in [0.2, 0.25) is 0 Å². The molecule has 2 rings (SSSR count). The molecule has 1 aliphatic rings. The van der Waals surface area contributed by atoms with Crippen molar-refractivity contribution in [3.63, 3.8) is 0 Å². The third kappa shape index (κ3) is 3.02. The van der Waals surface area contributed by atoms with E-state index >= 15 is 0 Å². The van der Waals surface area contributed by atoms with Gasteiger partial charge in [0.25, 0.3) is 0 Å². The molecule has 88 valence electrons. The molecule has 1 fully saturated rings. The van der Waals surface area contributed by atoms with E-state index in [0.717, 1.165) is 17.7 Å². The molecule has 0 bridgehead atoms. The molecule has 2 unspecified atom stereocenters. The minimum atomic E-state index is 0.503. The van der Waals surface area contributed by atoms with Crippen LogP contribution in [0.4, 0.5) is 0 Å². The van der Waals surface area contributed by atoms with Gasteiger partial charge in [-0.05, 0) is 23.5 Å². The van der Waals surface area contributed by atoms with Crippen LogP contribution in [0, 0.1) is 5.92 Å². The highest BCUT2D eigenvalue weighted by molar-refractivity contribution is 8.00. The van der Waals surface area contributed by atoms with Gasteiger partial charge in [-0.1, -0.05) is 45.0 Å². The summed E-state index contributed by atoms with van der Waals surface area (Å²) in [6.45, 7) is 7.95. The summed E-state index contributed by atoms with van der Waals surface area (Å²) in [7, 11) is 0. The summed E-state index contributed by atoms with van der Waals surface area (Å²) in [4.78, 5) is 0. The fourth-order valence-electron chi connectivity index (χ4n) is 2.10. The summed E-state index contributed by atoms with van der Waals surface area (Å²) >= 11 is 2.03. The van der Waals surface area contributed by atoms with Crippen LogP contribution in [0.3, 0.4) is 0 Å². The second kappa shape index (κ2) is 5.24. The largest absolute Gasteiger partial charge is 0.301 e. The first-order chi connectivity index (χ1) is 7.65. The Morgan fingerprint density at radius 2 is 2.00 bits per heavy atom. The monoisotopic (exact) mass is 235 g/mol. The standard InChI is InChI=1S/C14H21NS/c1-10(2)8-12-4-6-13(7-5-12)14-15-9-11(3)16-14/h4-7,10-11,14-15H,8-9H2,1-3H3. The second-order valence-corrected chi connectivity index (χ2v) is 6.62. The molecule has 2 heteroatoms. The van der Waals surface area contributed by atoms with E-state index in [1.165, 1.54) is 17.5 Å². The average molecular weight is 235 g/mol. The molecule has 16 heavy (non-hydrogen) atoms. The Labute approximate surface area is 103 Å². The van der Waals surface area contributed by atoms with Gasteiger partial charge in [-0.3, -0.25) is 0 Å². The number of benzene rings is 1. The molecule has 1 N–H and O–H groups in total. The molecule has 0 saturated carbocycles. The van der Waals surface area contributed by atoms with Crippen molar-refractivity contribution in [3.05, 3.63) is 35.4 Å². The van der Waals surface area contributed by atoms with E-state index in [0.29, 0.717) is 5.37 Å². The maximum Gasteiger partial charge on any atom is 0.0792 e. The van der Waals surface area contributed by atoms with Crippen molar-refractivity contribution in [2.75, 3.05) is 6.54 Å². The Morgan fingerprint density at radius 1 is 1.31 bits per heavy atom. The molecular weight excluding hydrogens is 214 g/mol. The molecular formula is C14H21NS. The number of hydrogen-bond donors (Lipinski definition) is 1. The van der Waals surface area contributed by atoms with Gasteiger partial charge in [-0.2, -0.15) is 0 Å². The lowest BCUT2D eigenvalue weighted by molar-refractivity contribution is 0.646. The third-order valence-corrected chi connectivity index (χ3v) is 4.23. The molecule has 2 atom stereocenters. The highest BCUT2D eigenvalue weighted by Gasteiger charge is 2.22. The van der Waals surface area contributed by atoms with Gasteiger partial charge in [0.15, 0.2) is 0 Å². The zero-order valence-electron chi connectivity index (χ0n) is 10.4. The minimum Gasteiger partial charge on any atom is -0.301 e. The van der Waals surface area contributed by atoms with Gasteiger partial charge >= 0.3 is 0 Å². The van der Waals surface area contributed by atoms with Gasteiger partial charge in [-0.15, -0.1) is 11.8 Å². The smallest absolute Gasteiger partial charge is 0.0792 e. The summed E-state index contributed by atoms with van der Waals surface area (Å²) in [5.41, 5.74) is 2.87. The summed E-state index contributed by atoms with van der Waals surface area (Å²) < 4.78 is 0. The molecule has 0 radical (unpaired) electrons. The second-order valence-electron chi connectivity index (χ2n) is 5.07. The van der Waals surface area contributed by atoms with Gasteiger partial charge in [0.05, 0.1) is 5.37 Å². The van der Waals surface area contributed by atoms with Crippen LogP contribution in [0.1, 0.15) is 37.3 Å². The molecule has 0 amide bonds. The number of hydrogen-bond acceptors (Lipinski definition) is 2. The number of thioether (sulfide) groups is 1. The predicted octanol–water partition coefficient (Wildman–Crippen LogP) is 3.61. The quantitative estimate of drug-likeness (QED) is 0.859. The van der Waals surface area contributed by atoms with E-state index in [-0.39, 0.29) is 0 Å². The first-order valence-electron chi connectivity index (χ1n) is 6.13. The van der Waals surface area contributed by atoms with E-state index in [9.17, 15) is 0 Å². The van der Waals surface area contributed by atoms with Crippen molar-refractivity contribution in [1.29, 1.82) is 0 Å². The lowest BCUT2D eigenvalue weighted by Crippen LogP contribution is -2.13. The van der Waals surface area contributed by atoms with Crippen molar-refractivity contribution in [2.45, 2.75) is 37.8 Å². The van der Waals surface area contributed by atoms with E-state index in [2.05, 4.69) is 50.4 Å². The van der Waals surface area contributed by atoms with Crippen molar-refractivity contribution < 1.29 is 0 Å². The lowest BCUT2D eigenvalue weighted by atomic mass is 10.0. The van der Waals surface area contributed by atoms with Crippen LogP contribution in [0.2, 0.25) is 0 Å². The fraction of sp³-hybridized carbons (Fsp3) is 0.571. The Hall–Kier alpha value is -0.470. The van der Waals surface area contributed by atoms with Crippen LogP contribution in [-0.2, 0) is 6.42 Å². The molecule has 0 aliphatic carbocycles. The maximum absolute atomic E-state index is 3.55. The highest BCUT2D eigenvalue weighted by atomic mass is 32.2. The average Bonchev–Trinajstić information content (AvgIpc) is 2.65. The normalized spacial score (nSPS) is 25.2. The van der Waals surface area contributed by atoms with E-state index < -0.39 is 0 Å². The molecule has 0 spiro atoms. The molecule has 1 aromatic rings. The van der Waals surface area contributed by atoms with Crippen LogP contribution in [-0.4, -0.2) is 11.8 Å². The summed E-state index contributed by atoms with van der Waals surface area (Å²) in [5.74, 6) is 0.741. The lowest BCUT2D eigenvalue weighted by Gasteiger charge is -2.11. The van der Waals surface area contributed by atoms with E-state index in [1.54, 1.807) is 0 Å². The summed E-state index contributed by atoms with van der Waals surface area (Å²) in [5, 5.41) is 4.79. The van der Waals surface area contributed by atoms with Crippen molar-refractivity contribution in [2.24, 2.45) is 5.92 Å².